The van der Waals surface area contributed by atoms with Gasteiger partial charge in [-0.05, 0) is 37.8 Å². The maximum absolute atomic E-state index is 12.7. The Bertz CT molecular complexity index is 870. The molecule has 1 saturated heterocycles. The number of nitro benzene ring substituents is 1. The van der Waals surface area contributed by atoms with Crippen LogP contribution in [0.4, 0.5) is 11.4 Å². The van der Waals surface area contributed by atoms with Crippen LogP contribution < -0.4 is 10.2 Å². The second-order valence-corrected chi connectivity index (χ2v) is 8.41. The number of rotatable bonds is 4. The van der Waals surface area contributed by atoms with E-state index in [0.29, 0.717) is 21.5 Å². The highest BCUT2D eigenvalue weighted by atomic mass is 32.2. The highest BCUT2D eigenvalue weighted by molar-refractivity contribution is 8.04. The van der Waals surface area contributed by atoms with Crippen LogP contribution in [0, 0.1) is 27.4 Å². The molecule has 2 fully saturated rings. The normalized spacial score (nSPS) is 24.0. The molecular formula is C19H20N4O3S. The number of allylic oxidation sites excluding steroid dienone is 1. The van der Waals surface area contributed by atoms with Crippen LogP contribution in [0.1, 0.15) is 42.5 Å². The van der Waals surface area contributed by atoms with Gasteiger partial charge in [0.2, 0.25) is 0 Å². The van der Waals surface area contributed by atoms with E-state index in [2.05, 4.69) is 11.4 Å². The van der Waals surface area contributed by atoms with Crippen molar-refractivity contribution < 1.29 is 9.72 Å². The van der Waals surface area contributed by atoms with E-state index in [-0.39, 0.29) is 17.2 Å². The third-order valence-electron chi connectivity index (χ3n) is 5.57. The predicted octanol–water partition coefficient (Wildman–Crippen LogP) is 3.58. The van der Waals surface area contributed by atoms with Gasteiger partial charge in [0.15, 0.2) is 0 Å². The zero-order valence-electron chi connectivity index (χ0n) is 14.8. The second kappa shape index (κ2) is 7.24. The number of hydrogen-bond donors (Lipinski definition) is 1. The lowest BCUT2D eigenvalue weighted by Crippen LogP contribution is -2.23. The van der Waals surface area contributed by atoms with Crippen molar-refractivity contribution in [3.05, 3.63) is 44.5 Å². The number of carbonyl (C=O) groups excluding carboxylic acids is 1. The number of nitriles is 1. The van der Waals surface area contributed by atoms with E-state index < -0.39 is 10.8 Å². The summed E-state index contributed by atoms with van der Waals surface area (Å²) in [6.07, 6.45) is 5.18. The van der Waals surface area contributed by atoms with E-state index in [0.717, 1.165) is 45.2 Å². The number of thioether (sulfide) groups is 1. The van der Waals surface area contributed by atoms with Crippen molar-refractivity contribution in [1.82, 2.24) is 5.32 Å². The monoisotopic (exact) mass is 384 g/mol. The molecule has 1 saturated carbocycles. The minimum atomic E-state index is -0.431. The molecule has 140 valence electrons. The van der Waals surface area contributed by atoms with Gasteiger partial charge in [0.25, 0.3) is 11.6 Å². The Hall–Kier alpha value is -2.53. The molecule has 1 aromatic carbocycles. The van der Waals surface area contributed by atoms with Crippen molar-refractivity contribution in [3.63, 3.8) is 0 Å². The summed E-state index contributed by atoms with van der Waals surface area (Å²) in [5, 5.41) is 24.8. The number of hydrogen-bond acceptors (Lipinski definition) is 6. The first-order valence-electron chi connectivity index (χ1n) is 9.24. The van der Waals surface area contributed by atoms with Crippen LogP contribution in [0.2, 0.25) is 0 Å². The third-order valence-corrected chi connectivity index (χ3v) is 6.99. The highest BCUT2D eigenvalue weighted by Crippen LogP contribution is 2.49. The van der Waals surface area contributed by atoms with Crippen molar-refractivity contribution in [3.8, 4) is 6.07 Å². The largest absolute Gasteiger partial charge is 0.366 e. The Morgan fingerprint density at radius 2 is 2.07 bits per heavy atom. The Morgan fingerprint density at radius 1 is 1.30 bits per heavy atom. The molecule has 1 amide bonds. The number of nitrogens with zero attached hydrogens (tertiary/aromatic N) is 3. The summed E-state index contributed by atoms with van der Waals surface area (Å²) in [5.41, 5.74) is 1.41. The van der Waals surface area contributed by atoms with Gasteiger partial charge in [-0.25, -0.2) is 0 Å². The lowest BCUT2D eigenvalue weighted by atomic mass is 9.99. The number of fused-ring (bicyclic) bond motifs is 1. The summed E-state index contributed by atoms with van der Waals surface area (Å²) in [6, 6.07) is 6.88. The van der Waals surface area contributed by atoms with Gasteiger partial charge in [-0.15, -0.1) is 11.8 Å². The van der Waals surface area contributed by atoms with Crippen molar-refractivity contribution in [2.75, 3.05) is 18.0 Å². The van der Waals surface area contributed by atoms with Crippen molar-refractivity contribution in [1.29, 1.82) is 5.26 Å². The number of anilines is 1. The van der Waals surface area contributed by atoms with Crippen molar-refractivity contribution in [2.24, 2.45) is 5.92 Å². The molecule has 2 aliphatic heterocycles. The molecule has 4 rings (SSSR count). The average Bonchev–Trinajstić information content (AvgIpc) is 3.38. The molecule has 8 heteroatoms. The van der Waals surface area contributed by atoms with Gasteiger partial charge in [-0.2, -0.15) is 5.26 Å². The van der Waals surface area contributed by atoms with Crippen LogP contribution in [0.25, 0.3) is 0 Å². The molecule has 3 aliphatic rings. The van der Waals surface area contributed by atoms with Crippen LogP contribution >= 0.6 is 11.8 Å². The molecule has 7 nitrogen and oxygen atoms in total. The van der Waals surface area contributed by atoms with E-state index in [1.54, 1.807) is 23.9 Å². The molecule has 1 aromatic rings. The summed E-state index contributed by atoms with van der Waals surface area (Å²) >= 11 is 1.55. The summed E-state index contributed by atoms with van der Waals surface area (Å²) in [6.45, 7) is 1.59. The fourth-order valence-electron chi connectivity index (χ4n) is 4.22. The van der Waals surface area contributed by atoms with E-state index >= 15 is 0 Å². The minimum absolute atomic E-state index is 0.0463. The van der Waals surface area contributed by atoms with Crippen LogP contribution in [0.3, 0.4) is 0 Å². The smallest absolute Gasteiger partial charge is 0.293 e. The van der Waals surface area contributed by atoms with Crippen LogP contribution in [-0.2, 0) is 0 Å². The molecule has 0 radical (unpaired) electrons. The van der Waals surface area contributed by atoms with Crippen molar-refractivity contribution >= 4 is 29.0 Å². The molecule has 1 aliphatic carbocycles. The topological polar surface area (TPSA) is 99.3 Å². The summed E-state index contributed by atoms with van der Waals surface area (Å²) in [4.78, 5) is 25.8. The van der Waals surface area contributed by atoms with Crippen LogP contribution in [0.5, 0.6) is 0 Å². The van der Waals surface area contributed by atoms with E-state index in [4.69, 9.17) is 0 Å². The third kappa shape index (κ3) is 3.28. The van der Waals surface area contributed by atoms with Gasteiger partial charge in [-0.3, -0.25) is 14.9 Å². The maximum atomic E-state index is 12.7. The Labute approximate surface area is 161 Å². The number of amides is 1. The Morgan fingerprint density at radius 3 is 2.78 bits per heavy atom. The number of nitro groups is 1. The zero-order chi connectivity index (χ0) is 19.0. The van der Waals surface area contributed by atoms with Crippen LogP contribution in [0.15, 0.2) is 28.8 Å². The maximum Gasteiger partial charge on any atom is 0.293 e. The van der Waals surface area contributed by atoms with Gasteiger partial charge in [-0.1, -0.05) is 6.42 Å². The number of nitrogens with one attached hydrogen (secondary N) is 1. The molecule has 0 unspecified atom stereocenters. The summed E-state index contributed by atoms with van der Waals surface area (Å²) < 4.78 is 0. The lowest BCUT2D eigenvalue weighted by Gasteiger charge is -2.18. The van der Waals surface area contributed by atoms with E-state index in [1.165, 1.54) is 6.07 Å². The fraction of sp³-hybridized carbons (Fsp3) is 0.474. The van der Waals surface area contributed by atoms with Gasteiger partial charge < -0.3 is 10.2 Å². The quantitative estimate of drug-likeness (QED) is 0.629. The Kier molecular flexibility index (Phi) is 4.79. The first-order chi connectivity index (χ1) is 13.1. The molecule has 27 heavy (non-hydrogen) atoms. The van der Waals surface area contributed by atoms with Crippen LogP contribution in [-0.4, -0.2) is 29.2 Å². The SMILES string of the molecule is N#CC1=C(NC(=O)c2ccc(N3CCCC3)c([N+](=O)[O-])c2)S[C@H]2CCC[C@H]12. The van der Waals surface area contributed by atoms with E-state index in [1.807, 2.05) is 4.90 Å². The highest BCUT2D eigenvalue weighted by Gasteiger charge is 2.39. The second-order valence-electron chi connectivity index (χ2n) is 7.16. The molecule has 2 atom stereocenters. The van der Waals surface area contributed by atoms with Gasteiger partial charge in [0.05, 0.1) is 21.6 Å². The molecule has 2 heterocycles. The molecule has 0 spiro atoms. The Balaban J connectivity index is 1.58. The minimum Gasteiger partial charge on any atom is -0.366 e. The van der Waals surface area contributed by atoms with Gasteiger partial charge in [0, 0.05) is 35.9 Å². The summed E-state index contributed by atoms with van der Waals surface area (Å²) in [5.74, 6) is -0.177. The molecule has 0 aromatic heterocycles. The first-order valence-corrected chi connectivity index (χ1v) is 10.1. The summed E-state index contributed by atoms with van der Waals surface area (Å²) in [7, 11) is 0. The average molecular weight is 384 g/mol. The standard InChI is InChI=1S/C19H20N4O3S/c20-11-14-13-4-3-5-17(13)27-19(14)21-18(24)12-6-7-15(16(10-12)23(25)26)22-8-1-2-9-22/h6-7,10,13,17H,1-5,8-9H2,(H,21,24)/t13-,17+/m1/s1. The molecule has 0 bridgehead atoms. The van der Waals surface area contributed by atoms with E-state index in [9.17, 15) is 20.2 Å². The zero-order valence-corrected chi connectivity index (χ0v) is 15.6. The van der Waals surface area contributed by atoms with Gasteiger partial charge >= 0.3 is 0 Å². The van der Waals surface area contributed by atoms with Crippen molar-refractivity contribution in [2.45, 2.75) is 37.4 Å². The molecule has 1 N–H and O–H groups in total. The number of benzene rings is 1. The fourth-order valence-corrected chi connectivity index (χ4v) is 5.72. The predicted molar refractivity (Wildman–Crippen MR) is 103 cm³/mol. The molecular weight excluding hydrogens is 364 g/mol. The first kappa shape index (κ1) is 17.9. The lowest BCUT2D eigenvalue weighted by molar-refractivity contribution is -0.384. The number of carbonyl (C=O) groups is 1. The van der Waals surface area contributed by atoms with Gasteiger partial charge in [0.1, 0.15) is 5.69 Å².